The lowest BCUT2D eigenvalue weighted by Crippen LogP contribution is -2.15. The Labute approximate surface area is 138 Å². The second-order valence-corrected chi connectivity index (χ2v) is 5.46. The van der Waals surface area contributed by atoms with E-state index in [2.05, 4.69) is 20.3 Å². The number of benzene rings is 1. The van der Waals surface area contributed by atoms with Crippen LogP contribution in [0, 0.1) is 0 Å². The van der Waals surface area contributed by atoms with Gasteiger partial charge in [0.25, 0.3) is 0 Å². The number of aromatic nitrogens is 3. The lowest BCUT2D eigenvalue weighted by Gasteiger charge is -2.12. The number of nitrogens with one attached hydrogen (secondary N) is 1. The van der Waals surface area contributed by atoms with Gasteiger partial charge in [0.2, 0.25) is 5.95 Å². The molecule has 0 bridgehead atoms. The topological polar surface area (TPSA) is 59.9 Å². The number of alkyl halides is 3. The van der Waals surface area contributed by atoms with Crippen molar-refractivity contribution in [3.63, 3.8) is 0 Å². The molecule has 0 radical (unpaired) electrons. The SMILES string of the molecule is CCOc1nc(Cc2cccc(C(F)(F)F)c2)nc(NC(C)C)n1. The van der Waals surface area contributed by atoms with E-state index >= 15 is 0 Å². The van der Waals surface area contributed by atoms with Crippen molar-refractivity contribution in [2.24, 2.45) is 0 Å². The molecule has 0 unspecified atom stereocenters. The number of nitrogens with zero attached hydrogens (tertiary/aromatic N) is 3. The fourth-order valence-corrected chi connectivity index (χ4v) is 2.03. The van der Waals surface area contributed by atoms with Crippen molar-refractivity contribution >= 4 is 5.95 Å². The first-order chi connectivity index (χ1) is 11.3. The van der Waals surface area contributed by atoms with Crippen molar-refractivity contribution in [1.82, 2.24) is 15.0 Å². The number of rotatable bonds is 6. The molecular formula is C16H19F3N4O. The molecule has 0 fully saturated rings. The quantitative estimate of drug-likeness (QED) is 0.869. The van der Waals surface area contributed by atoms with Crippen LogP contribution in [0.2, 0.25) is 0 Å². The smallest absolute Gasteiger partial charge is 0.416 e. The molecule has 1 heterocycles. The Morgan fingerprint density at radius 3 is 2.54 bits per heavy atom. The molecule has 1 aromatic heterocycles. The van der Waals surface area contributed by atoms with E-state index in [-0.39, 0.29) is 18.5 Å². The van der Waals surface area contributed by atoms with Crippen LogP contribution in [0.5, 0.6) is 6.01 Å². The van der Waals surface area contributed by atoms with Crippen LogP contribution < -0.4 is 10.1 Å². The number of halogens is 3. The van der Waals surface area contributed by atoms with Crippen LogP contribution in [-0.2, 0) is 12.6 Å². The Kier molecular flexibility index (Phi) is 5.58. The van der Waals surface area contributed by atoms with Gasteiger partial charge in [0.15, 0.2) is 0 Å². The second kappa shape index (κ2) is 7.46. The van der Waals surface area contributed by atoms with Gasteiger partial charge in [-0.3, -0.25) is 0 Å². The molecule has 2 rings (SSSR count). The van der Waals surface area contributed by atoms with E-state index in [1.165, 1.54) is 6.07 Å². The standard InChI is InChI=1S/C16H19F3N4O/c1-4-24-15-22-13(21-14(23-15)20-10(2)3)9-11-6-5-7-12(8-11)16(17,18)19/h5-8,10H,4,9H2,1-3H3,(H,20,21,22,23). The van der Waals surface area contributed by atoms with E-state index in [0.717, 1.165) is 12.1 Å². The molecule has 1 N–H and O–H groups in total. The summed E-state index contributed by atoms with van der Waals surface area (Å²) in [4.78, 5) is 12.5. The third-order valence-corrected chi connectivity index (χ3v) is 2.97. The van der Waals surface area contributed by atoms with Crippen molar-refractivity contribution in [3.05, 3.63) is 41.2 Å². The van der Waals surface area contributed by atoms with Crippen molar-refractivity contribution in [2.75, 3.05) is 11.9 Å². The lowest BCUT2D eigenvalue weighted by molar-refractivity contribution is -0.137. The van der Waals surface area contributed by atoms with E-state index in [9.17, 15) is 13.2 Å². The molecule has 0 saturated carbocycles. The number of hydrogen-bond donors (Lipinski definition) is 1. The van der Waals surface area contributed by atoms with Crippen molar-refractivity contribution in [2.45, 2.75) is 39.4 Å². The average molecular weight is 340 g/mol. The van der Waals surface area contributed by atoms with Gasteiger partial charge in [0.05, 0.1) is 12.2 Å². The zero-order valence-electron chi connectivity index (χ0n) is 13.7. The zero-order valence-corrected chi connectivity index (χ0v) is 13.7. The Bertz CT molecular complexity index is 689. The summed E-state index contributed by atoms with van der Waals surface area (Å²) in [6, 6.07) is 5.36. The summed E-state index contributed by atoms with van der Waals surface area (Å²) >= 11 is 0. The van der Waals surface area contributed by atoms with E-state index in [0.29, 0.717) is 23.9 Å². The molecule has 0 aliphatic heterocycles. The molecule has 0 atom stereocenters. The third-order valence-electron chi connectivity index (χ3n) is 2.97. The first kappa shape index (κ1) is 18.0. The van der Waals surface area contributed by atoms with Crippen LogP contribution >= 0.6 is 0 Å². The van der Waals surface area contributed by atoms with Crippen LogP contribution in [0.15, 0.2) is 24.3 Å². The molecule has 0 saturated heterocycles. The van der Waals surface area contributed by atoms with Gasteiger partial charge >= 0.3 is 12.2 Å². The molecule has 0 aliphatic rings. The molecule has 5 nitrogen and oxygen atoms in total. The van der Waals surface area contributed by atoms with E-state index in [1.807, 2.05) is 13.8 Å². The van der Waals surface area contributed by atoms with Crippen molar-refractivity contribution in [1.29, 1.82) is 0 Å². The van der Waals surface area contributed by atoms with E-state index in [1.54, 1.807) is 13.0 Å². The summed E-state index contributed by atoms with van der Waals surface area (Å²) < 4.78 is 43.7. The fourth-order valence-electron chi connectivity index (χ4n) is 2.03. The zero-order chi connectivity index (χ0) is 17.7. The Morgan fingerprint density at radius 1 is 1.17 bits per heavy atom. The van der Waals surface area contributed by atoms with Gasteiger partial charge < -0.3 is 10.1 Å². The van der Waals surface area contributed by atoms with Crippen molar-refractivity contribution in [3.8, 4) is 6.01 Å². The van der Waals surface area contributed by atoms with Gasteiger partial charge in [-0.05, 0) is 32.4 Å². The number of hydrogen-bond acceptors (Lipinski definition) is 5. The van der Waals surface area contributed by atoms with Crippen LogP contribution in [0.25, 0.3) is 0 Å². The summed E-state index contributed by atoms with van der Waals surface area (Å²) in [7, 11) is 0. The number of ether oxygens (including phenoxy) is 1. The van der Waals surface area contributed by atoms with Crippen LogP contribution in [0.1, 0.15) is 37.7 Å². The summed E-state index contributed by atoms with van der Waals surface area (Å²) in [6.07, 6.45) is -4.23. The molecule has 2 aromatic rings. The summed E-state index contributed by atoms with van der Waals surface area (Å²) in [5.41, 5.74) is -0.228. The highest BCUT2D eigenvalue weighted by Crippen LogP contribution is 2.29. The molecule has 0 amide bonds. The van der Waals surface area contributed by atoms with Crippen LogP contribution in [-0.4, -0.2) is 27.6 Å². The fraction of sp³-hybridized carbons (Fsp3) is 0.438. The predicted molar refractivity (Wildman–Crippen MR) is 84.0 cm³/mol. The predicted octanol–water partition coefficient (Wildman–Crippen LogP) is 3.70. The largest absolute Gasteiger partial charge is 0.464 e. The maximum atomic E-state index is 12.8. The second-order valence-electron chi connectivity index (χ2n) is 5.46. The minimum Gasteiger partial charge on any atom is -0.464 e. The van der Waals surface area contributed by atoms with Gasteiger partial charge in [-0.1, -0.05) is 18.2 Å². The maximum Gasteiger partial charge on any atom is 0.416 e. The van der Waals surface area contributed by atoms with Gasteiger partial charge in [0.1, 0.15) is 5.82 Å². The minimum absolute atomic E-state index is 0.100. The highest BCUT2D eigenvalue weighted by atomic mass is 19.4. The Morgan fingerprint density at radius 2 is 1.92 bits per heavy atom. The highest BCUT2D eigenvalue weighted by Gasteiger charge is 2.30. The lowest BCUT2D eigenvalue weighted by atomic mass is 10.1. The highest BCUT2D eigenvalue weighted by molar-refractivity contribution is 5.31. The summed E-state index contributed by atoms with van der Waals surface area (Å²) in [5.74, 6) is 0.682. The molecule has 24 heavy (non-hydrogen) atoms. The molecule has 8 heteroatoms. The van der Waals surface area contributed by atoms with Gasteiger partial charge in [0, 0.05) is 12.5 Å². The van der Waals surface area contributed by atoms with Gasteiger partial charge in [-0.2, -0.15) is 28.1 Å². The third kappa shape index (κ3) is 5.07. The molecule has 130 valence electrons. The van der Waals surface area contributed by atoms with Gasteiger partial charge in [-0.15, -0.1) is 0 Å². The van der Waals surface area contributed by atoms with Crippen LogP contribution in [0.4, 0.5) is 19.1 Å². The van der Waals surface area contributed by atoms with Crippen LogP contribution in [0.3, 0.4) is 0 Å². The maximum absolute atomic E-state index is 12.8. The first-order valence-electron chi connectivity index (χ1n) is 7.58. The normalized spacial score (nSPS) is 11.6. The molecule has 0 aliphatic carbocycles. The molecule has 1 aromatic carbocycles. The first-order valence-corrected chi connectivity index (χ1v) is 7.58. The summed E-state index contributed by atoms with van der Waals surface area (Å²) in [6.45, 7) is 6.03. The average Bonchev–Trinajstić information content (AvgIpc) is 2.46. The van der Waals surface area contributed by atoms with Gasteiger partial charge in [-0.25, -0.2) is 0 Å². The number of anilines is 1. The van der Waals surface area contributed by atoms with E-state index < -0.39 is 11.7 Å². The Balaban J connectivity index is 2.29. The Hall–Kier alpha value is -2.38. The van der Waals surface area contributed by atoms with Crippen molar-refractivity contribution < 1.29 is 17.9 Å². The molecule has 0 spiro atoms. The van der Waals surface area contributed by atoms with E-state index in [4.69, 9.17) is 4.74 Å². The minimum atomic E-state index is -4.38. The molecular weight excluding hydrogens is 321 g/mol. The summed E-state index contributed by atoms with van der Waals surface area (Å²) in [5, 5.41) is 3.04. The monoisotopic (exact) mass is 340 g/mol.